The molecule has 0 spiro atoms. The van der Waals surface area contributed by atoms with Gasteiger partial charge in [0.1, 0.15) is 5.82 Å². The number of carbonyl (C=O) groups is 1. The van der Waals surface area contributed by atoms with Crippen molar-refractivity contribution in [2.24, 2.45) is 11.8 Å². The number of anilines is 1. The molecule has 114 valence electrons. The average molecular weight is 322 g/mol. The zero-order valence-corrected chi connectivity index (χ0v) is 13.0. The van der Waals surface area contributed by atoms with Crippen molar-refractivity contribution in [3.63, 3.8) is 0 Å². The fourth-order valence-electron chi connectivity index (χ4n) is 1.81. The molecular weight excluding hydrogens is 301 g/mol. The van der Waals surface area contributed by atoms with Gasteiger partial charge in [-0.25, -0.2) is 4.98 Å². The van der Waals surface area contributed by atoms with E-state index in [2.05, 4.69) is 25.9 Å². The van der Waals surface area contributed by atoms with E-state index in [0.29, 0.717) is 19.0 Å². The molecule has 1 amide bonds. The molecule has 0 bridgehead atoms. The number of rotatable bonds is 6. The number of hydrogen-bond acceptors (Lipinski definition) is 5. The minimum atomic E-state index is 0. The highest BCUT2D eigenvalue weighted by atomic mass is 35.5. The van der Waals surface area contributed by atoms with Crippen LogP contribution in [-0.4, -0.2) is 42.1 Å². The fourth-order valence-corrected chi connectivity index (χ4v) is 1.81. The molecule has 1 saturated heterocycles. The van der Waals surface area contributed by atoms with Crippen LogP contribution in [0.1, 0.15) is 6.92 Å². The summed E-state index contributed by atoms with van der Waals surface area (Å²) in [6.45, 7) is 5.13. The van der Waals surface area contributed by atoms with Crippen LogP contribution in [0.15, 0.2) is 18.6 Å². The second-order valence-electron chi connectivity index (χ2n) is 4.52. The van der Waals surface area contributed by atoms with Crippen LogP contribution in [0.25, 0.3) is 0 Å². The largest absolute Gasteiger partial charge is 0.367 e. The molecule has 0 radical (unpaired) electrons. The highest BCUT2D eigenvalue weighted by Gasteiger charge is 2.28. The third kappa shape index (κ3) is 5.48. The first-order valence-corrected chi connectivity index (χ1v) is 6.25. The summed E-state index contributed by atoms with van der Waals surface area (Å²) >= 11 is 0. The van der Waals surface area contributed by atoms with E-state index in [1.165, 1.54) is 0 Å². The molecule has 1 aromatic heterocycles. The average Bonchev–Trinajstić information content (AvgIpc) is 2.33. The van der Waals surface area contributed by atoms with Gasteiger partial charge in [-0.15, -0.1) is 24.8 Å². The molecule has 0 aromatic carbocycles. The van der Waals surface area contributed by atoms with Gasteiger partial charge in [0.2, 0.25) is 5.91 Å². The second kappa shape index (κ2) is 9.74. The lowest BCUT2D eigenvalue weighted by molar-refractivity contribution is -0.126. The molecular formula is C12H21Cl2N5O. The number of hydrogen-bond donors (Lipinski definition) is 3. The SMILES string of the molecule is CC(C(=O)NCCNc1cnccn1)C1CNC1.Cl.Cl. The third-order valence-electron chi connectivity index (χ3n) is 3.23. The number of carbonyl (C=O) groups excluding carboxylic acids is 1. The lowest BCUT2D eigenvalue weighted by atomic mass is 9.88. The number of nitrogens with zero attached hydrogens (tertiary/aromatic N) is 2. The molecule has 1 unspecified atom stereocenters. The number of amides is 1. The molecule has 1 aliphatic rings. The van der Waals surface area contributed by atoms with Crippen LogP contribution in [0.5, 0.6) is 0 Å². The van der Waals surface area contributed by atoms with E-state index in [-0.39, 0.29) is 36.6 Å². The van der Waals surface area contributed by atoms with Crippen molar-refractivity contribution >= 4 is 36.5 Å². The van der Waals surface area contributed by atoms with Gasteiger partial charge in [-0.2, -0.15) is 0 Å². The topological polar surface area (TPSA) is 78.9 Å². The van der Waals surface area contributed by atoms with Crippen molar-refractivity contribution < 1.29 is 4.79 Å². The predicted molar refractivity (Wildman–Crippen MR) is 83.6 cm³/mol. The lowest BCUT2D eigenvalue weighted by Gasteiger charge is -2.31. The van der Waals surface area contributed by atoms with Crippen LogP contribution in [-0.2, 0) is 4.79 Å². The second-order valence-corrected chi connectivity index (χ2v) is 4.52. The van der Waals surface area contributed by atoms with Crippen LogP contribution in [0.4, 0.5) is 5.82 Å². The van der Waals surface area contributed by atoms with Crippen molar-refractivity contribution in [1.29, 1.82) is 0 Å². The van der Waals surface area contributed by atoms with E-state index in [1.807, 2.05) is 6.92 Å². The maximum atomic E-state index is 11.8. The Hall–Kier alpha value is -1.11. The van der Waals surface area contributed by atoms with Gasteiger partial charge in [-0.05, 0) is 19.0 Å². The van der Waals surface area contributed by atoms with E-state index in [4.69, 9.17) is 0 Å². The fraction of sp³-hybridized carbons (Fsp3) is 0.583. The van der Waals surface area contributed by atoms with Gasteiger partial charge in [-0.1, -0.05) is 6.92 Å². The monoisotopic (exact) mass is 321 g/mol. The van der Waals surface area contributed by atoms with E-state index in [0.717, 1.165) is 18.9 Å². The van der Waals surface area contributed by atoms with Crippen molar-refractivity contribution in [1.82, 2.24) is 20.6 Å². The highest BCUT2D eigenvalue weighted by Crippen LogP contribution is 2.15. The Morgan fingerprint density at radius 1 is 1.40 bits per heavy atom. The van der Waals surface area contributed by atoms with Gasteiger partial charge < -0.3 is 16.0 Å². The summed E-state index contributed by atoms with van der Waals surface area (Å²) in [5.41, 5.74) is 0. The van der Waals surface area contributed by atoms with Crippen LogP contribution in [0.2, 0.25) is 0 Å². The first-order chi connectivity index (χ1) is 8.77. The zero-order chi connectivity index (χ0) is 12.8. The smallest absolute Gasteiger partial charge is 0.223 e. The molecule has 2 rings (SSSR count). The normalized spacial score (nSPS) is 15.1. The van der Waals surface area contributed by atoms with Gasteiger partial charge in [0.15, 0.2) is 0 Å². The predicted octanol–water partition coefficient (Wildman–Crippen LogP) is 0.704. The maximum Gasteiger partial charge on any atom is 0.223 e. The highest BCUT2D eigenvalue weighted by molar-refractivity contribution is 5.85. The Morgan fingerprint density at radius 2 is 2.15 bits per heavy atom. The van der Waals surface area contributed by atoms with Crippen molar-refractivity contribution in [2.45, 2.75) is 6.92 Å². The number of halogens is 2. The maximum absolute atomic E-state index is 11.8. The molecule has 1 aromatic rings. The molecule has 0 saturated carbocycles. The molecule has 6 nitrogen and oxygen atoms in total. The molecule has 1 fully saturated rings. The first-order valence-electron chi connectivity index (χ1n) is 6.25. The Bertz CT molecular complexity index is 389. The van der Waals surface area contributed by atoms with Crippen LogP contribution in [0.3, 0.4) is 0 Å². The van der Waals surface area contributed by atoms with Crippen molar-refractivity contribution in [3.8, 4) is 0 Å². The summed E-state index contributed by atoms with van der Waals surface area (Å²) in [6.07, 6.45) is 4.92. The minimum Gasteiger partial charge on any atom is -0.367 e. The molecule has 8 heteroatoms. The van der Waals surface area contributed by atoms with E-state index >= 15 is 0 Å². The van der Waals surface area contributed by atoms with E-state index < -0.39 is 0 Å². The quantitative estimate of drug-likeness (QED) is 0.672. The molecule has 20 heavy (non-hydrogen) atoms. The van der Waals surface area contributed by atoms with Gasteiger partial charge in [0, 0.05) is 31.4 Å². The van der Waals surface area contributed by atoms with E-state index in [1.54, 1.807) is 18.6 Å². The summed E-state index contributed by atoms with van der Waals surface area (Å²) in [4.78, 5) is 19.8. The molecule has 1 aliphatic heterocycles. The Labute approximate surface area is 131 Å². The van der Waals surface area contributed by atoms with Gasteiger partial charge in [-0.3, -0.25) is 9.78 Å². The molecule has 2 heterocycles. The Balaban J connectivity index is 0.00000180. The molecule has 0 aliphatic carbocycles. The first kappa shape index (κ1) is 18.9. The van der Waals surface area contributed by atoms with Crippen molar-refractivity contribution in [2.75, 3.05) is 31.5 Å². The summed E-state index contributed by atoms with van der Waals surface area (Å²) in [5.74, 6) is 1.42. The Kier molecular flexibility index (Phi) is 9.20. The van der Waals surface area contributed by atoms with E-state index in [9.17, 15) is 4.79 Å². The van der Waals surface area contributed by atoms with Crippen LogP contribution in [0, 0.1) is 11.8 Å². The summed E-state index contributed by atoms with van der Waals surface area (Å²) in [6, 6.07) is 0. The minimum absolute atomic E-state index is 0. The standard InChI is InChI=1S/C12H19N5O.2ClH/c1-9(10-6-14-7-10)12(18)17-5-4-16-11-8-13-2-3-15-11;;/h2-3,8-10,14H,4-7H2,1H3,(H,15,16)(H,17,18);2*1H. The summed E-state index contributed by atoms with van der Waals surface area (Å²) in [7, 11) is 0. The zero-order valence-electron chi connectivity index (χ0n) is 11.3. The van der Waals surface area contributed by atoms with Gasteiger partial charge in [0.05, 0.1) is 6.20 Å². The lowest BCUT2D eigenvalue weighted by Crippen LogP contribution is -2.50. The number of aromatic nitrogens is 2. The van der Waals surface area contributed by atoms with Crippen LogP contribution < -0.4 is 16.0 Å². The molecule has 3 N–H and O–H groups in total. The van der Waals surface area contributed by atoms with Crippen LogP contribution >= 0.6 is 24.8 Å². The van der Waals surface area contributed by atoms with Gasteiger partial charge in [0.25, 0.3) is 0 Å². The third-order valence-corrected chi connectivity index (χ3v) is 3.23. The summed E-state index contributed by atoms with van der Waals surface area (Å²) < 4.78 is 0. The molecule has 1 atom stereocenters. The van der Waals surface area contributed by atoms with Crippen molar-refractivity contribution in [3.05, 3.63) is 18.6 Å². The van der Waals surface area contributed by atoms with Gasteiger partial charge >= 0.3 is 0 Å². The Morgan fingerprint density at radius 3 is 2.70 bits per heavy atom. The summed E-state index contributed by atoms with van der Waals surface area (Å²) in [5, 5.41) is 9.20. The number of nitrogens with one attached hydrogen (secondary N) is 3.